The van der Waals surface area contributed by atoms with Crippen molar-refractivity contribution in [1.82, 2.24) is 20.4 Å². The number of hydrogen-bond acceptors (Lipinski definition) is 5. The molecule has 0 saturated carbocycles. The van der Waals surface area contributed by atoms with Crippen LogP contribution in [0, 0.1) is 0 Å². The third-order valence-electron chi connectivity index (χ3n) is 1.77. The Kier molecular flexibility index (Phi) is 2.69. The van der Waals surface area contributed by atoms with Gasteiger partial charge in [0.05, 0.1) is 11.9 Å². The van der Waals surface area contributed by atoms with Crippen LogP contribution in [-0.2, 0) is 0 Å². The summed E-state index contributed by atoms with van der Waals surface area (Å²) in [5.41, 5.74) is 5.95. The van der Waals surface area contributed by atoms with Gasteiger partial charge in [0.1, 0.15) is 5.69 Å². The molecule has 2 rings (SSSR count). The van der Waals surface area contributed by atoms with E-state index in [-0.39, 0.29) is 22.4 Å². The van der Waals surface area contributed by atoms with E-state index >= 15 is 0 Å². The van der Waals surface area contributed by atoms with Crippen molar-refractivity contribution < 1.29 is 4.79 Å². The topological polar surface area (TPSA) is 110 Å². The van der Waals surface area contributed by atoms with Crippen LogP contribution in [-0.4, -0.2) is 26.3 Å². The van der Waals surface area contributed by atoms with Crippen LogP contribution in [0.1, 0.15) is 10.5 Å². The van der Waals surface area contributed by atoms with Crippen molar-refractivity contribution in [3.63, 3.8) is 0 Å². The standard InChI is InChI=1S/C8H7ClN6O/c9-5-1-2-6(14-13-5)12-8(16)7-4(10)3-11-15-7/h1-3H,10H2,(H,11,15)(H,12,14,16). The van der Waals surface area contributed by atoms with Gasteiger partial charge in [0, 0.05) is 0 Å². The lowest BCUT2D eigenvalue weighted by molar-refractivity contribution is 0.102. The maximum Gasteiger partial charge on any atom is 0.277 e. The monoisotopic (exact) mass is 238 g/mol. The molecule has 0 spiro atoms. The van der Waals surface area contributed by atoms with Gasteiger partial charge in [-0.25, -0.2) is 0 Å². The molecular weight excluding hydrogens is 232 g/mol. The molecule has 2 aromatic rings. The second kappa shape index (κ2) is 4.15. The highest BCUT2D eigenvalue weighted by Crippen LogP contribution is 2.10. The smallest absolute Gasteiger partial charge is 0.277 e. The summed E-state index contributed by atoms with van der Waals surface area (Å²) in [5.74, 6) is -0.157. The van der Waals surface area contributed by atoms with Crippen molar-refractivity contribution in [2.24, 2.45) is 0 Å². The molecule has 0 fully saturated rings. The number of carbonyl (C=O) groups excluding carboxylic acids is 1. The van der Waals surface area contributed by atoms with Crippen molar-refractivity contribution in [1.29, 1.82) is 0 Å². The van der Waals surface area contributed by atoms with E-state index in [0.29, 0.717) is 0 Å². The fourth-order valence-electron chi connectivity index (χ4n) is 1.04. The van der Waals surface area contributed by atoms with Gasteiger partial charge in [-0.3, -0.25) is 9.89 Å². The molecule has 0 aromatic carbocycles. The van der Waals surface area contributed by atoms with E-state index in [1.54, 1.807) is 0 Å². The first-order chi connectivity index (χ1) is 7.66. The van der Waals surface area contributed by atoms with E-state index in [9.17, 15) is 4.79 Å². The molecule has 0 bridgehead atoms. The van der Waals surface area contributed by atoms with E-state index in [4.69, 9.17) is 17.3 Å². The van der Waals surface area contributed by atoms with Crippen molar-refractivity contribution >= 4 is 29.0 Å². The van der Waals surface area contributed by atoms with Gasteiger partial charge < -0.3 is 11.1 Å². The Morgan fingerprint density at radius 1 is 1.44 bits per heavy atom. The molecule has 7 nitrogen and oxygen atoms in total. The molecule has 8 heteroatoms. The third kappa shape index (κ3) is 2.09. The Hall–Kier alpha value is -2.15. The zero-order valence-corrected chi connectivity index (χ0v) is 8.69. The minimum Gasteiger partial charge on any atom is -0.396 e. The van der Waals surface area contributed by atoms with Crippen molar-refractivity contribution in [2.75, 3.05) is 11.1 Å². The number of nitrogens with two attached hydrogens (primary N) is 1. The summed E-state index contributed by atoms with van der Waals surface area (Å²) in [6, 6.07) is 3.04. The highest BCUT2D eigenvalue weighted by atomic mass is 35.5. The van der Waals surface area contributed by atoms with E-state index in [2.05, 4.69) is 25.7 Å². The molecule has 2 aromatic heterocycles. The first-order valence-corrected chi connectivity index (χ1v) is 4.64. The maximum atomic E-state index is 11.6. The molecule has 1 amide bonds. The fourth-order valence-corrected chi connectivity index (χ4v) is 1.14. The molecule has 4 N–H and O–H groups in total. The van der Waals surface area contributed by atoms with Crippen molar-refractivity contribution in [3.8, 4) is 0 Å². The summed E-state index contributed by atoms with van der Waals surface area (Å²) in [6.07, 6.45) is 1.35. The molecule has 0 aliphatic heterocycles. The largest absolute Gasteiger partial charge is 0.396 e. The lowest BCUT2D eigenvalue weighted by Gasteiger charge is -2.01. The molecule has 2 heterocycles. The molecule has 16 heavy (non-hydrogen) atoms. The van der Waals surface area contributed by atoms with E-state index in [1.807, 2.05) is 0 Å². The normalized spacial score (nSPS) is 10.1. The molecule has 0 unspecified atom stereocenters. The third-order valence-corrected chi connectivity index (χ3v) is 1.97. The van der Waals surface area contributed by atoms with Crippen LogP contribution in [0.3, 0.4) is 0 Å². The van der Waals surface area contributed by atoms with Gasteiger partial charge in [-0.15, -0.1) is 10.2 Å². The molecule has 0 aliphatic rings. The lowest BCUT2D eigenvalue weighted by atomic mass is 10.3. The predicted octanol–water partition coefficient (Wildman–Crippen LogP) is 0.688. The fraction of sp³-hybridized carbons (Fsp3) is 0. The maximum absolute atomic E-state index is 11.6. The number of nitrogens with zero attached hydrogens (tertiary/aromatic N) is 3. The summed E-state index contributed by atoms with van der Waals surface area (Å²) in [5, 5.41) is 16.1. The number of halogens is 1. The van der Waals surface area contributed by atoms with Gasteiger partial charge in [-0.1, -0.05) is 11.6 Å². The lowest BCUT2D eigenvalue weighted by Crippen LogP contribution is -2.15. The minimum absolute atomic E-state index is 0.178. The summed E-state index contributed by atoms with van der Waals surface area (Å²) in [6.45, 7) is 0. The van der Waals surface area contributed by atoms with Crippen molar-refractivity contribution in [3.05, 3.63) is 29.2 Å². The number of rotatable bonds is 2. The van der Waals surface area contributed by atoms with Crippen molar-refractivity contribution in [2.45, 2.75) is 0 Å². The second-order valence-corrected chi connectivity index (χ2v) is 3.28. The summed E-state index contributed by atoms with van der Waals surface area (Å²) < 4.78 is 0. The van der Waals surface area contributed by atoms with Crippen LogP contribution in [0.5, 0.6) is 0 Å². The number of H-pyrrole nitrogens is 1. The van der Waals surface area contributed by atoms with Crippen LogP contribution in [0.4, 0.5) is 11.5 Å². The number of anilines is 2. The number of amides is 1. The Bertz CT molecular complexity index is 508. The van der Waals surface area contributed by atoms with Gasteiger partial charge in [-0.2, -0.15) is 5.10 Å². The molecule has 0 saturated heterocycles. The Morgan fingerprint density at radius 2 is 2.25 bits per heavy atom. The average molecular weight is 239 g/mol. The van der Waals surface area contributed by atoms with Gasteiger partial charge in [0.15, 0.2) is 11.0 Å². The predicted molar refractivity (Wildman–Crippen MR) is 58.0 cm³/mol. The van der Waals surface area contributed by atoms with Gasteiger partial charge in [-0.05, 0) is 12.1 Å². The number of carbonyl (C=O) groups is 1. The van der Waals surface area contributed by atoms with E-state index in [0.717, 1.165) is 0 Å². The van der Waals surface area contributed by atoms with E-state index < -0.39 is 5.91 Å². The van der Waals surface area contributed by atoms with E-state index in [1.165, 1.54) is 18.3 Å². The summed E-state index contributed by atoms with van der Waals surface area (Å²) in [4.78, 5) is 11.6. The first kappa shape index (κ1) is 10.4. The molecule has 82 valence electrons. The van der Waals surface area contributed by atoms with Crippen LogP contribution >= 0.6 is 11.6 Å². The zero-order valence-electron chi connectivity index (χ0n) is 7.94. The first-order valence-electron chi connectivity index (χ1n) is 4.26. The quantitative estimate of drug-likeness (QED) is 0.713. The van der Waals surface area contributed by atoms with Crippen LogP contribution in [0.15, 0.2) is 18.3 Å². The number of hydrogen-bond donors (Lipinski definition) is 3. The molecule has 0 radical (unpaired) electrons. The number of nitrogens with one attached hydrogen (secondary N) is 2. The molecular formula is C8H7ClN6O. The average Bonchev–Trinajstić information content (AvgIpc) is 2.68. The number of aromatic nitrogens is 4. The molecule has 0 atom stereocenters. The van der Waals surface area contributed by atoms with Gasteiger partial charge in [0.2, 0.25) is 0 Å². The summed E-state index contributed by atoms with van der Waals surface area (Å²) >= 11 is 5.55. The Labute approximate surface area is 95.0 Å². The van der Waals surface area contributed by atoms with Gasteiger partial charge in [0.25, 0.3) is 5.91 Å². The second-order valence-electron chi connectivity index (χ2n) is 2.90. The SMILES string of the molecule is Nc1cn[nH]c1C(=O)Nc1ccc(Cl)nn1. The zero-order chi connectivity index (χ0) is 11.5. The Balaban J connectivity index is 2.14. The number of aromatic amines is 1. The Morgan fingerprint density at radius 3 is 2.81 bits per heavy atom. The summed E-state index contributed by atoms with van der Waals surface area (Å²) in [7, 11) is 0. The number of nitrogen functional groups attached to an aromatic ring is 1. The minimum atomic E-state index is -0.438. The van der Waals surface area contributed by atoms with Crippen LogP contribution in [0.2, 0.25) is 5.15 Å². The highest BCUT2D eigenvalue weighted by Gasteiger charge is 2.12. The molecule has 0 aliphatic carbocycles. The highest BCUT2D eigenvalue weighted by molar-refractivity contribution is 6.29. The van der Waals surface area contributed by atoms with Crippen LogP contribution in [0.25, 0.3) is 0 Å². The van der Waals surface area contributed by atoms with Crippen LogP contribution < -0.4 is 11.1 Å². The van der Waals surface area contributed by atoms with Gasteiger partial charge >= 0.3 is 0 Å².